The number of fused-ring (bicyclic) bond motifs is 1. The summed E-state index contributed by atoms with van der Waals surface area (Å²) in [5.74, 6) is 1.40. The van der Waals surface area contributed by atoms with Crippen molar-refractivity contribution >= 4 is 5.69 Å². The maximum atomic E-state index is 5.76. The van der Waals surface area contributed by atoms with Gasteiger partial charge in [-0.05, 0) is 26.0 Å². The van der Waals surface area contributed by atoms with E-state index in [9.17, 15) is 0 Å². The summed E-state index contributed by atoms with van der Waals surface area (Å²) in [5, 5.41) is 0. The van der Waals surface area contributed by atoms with Crippen LogP contribution >= 0.6 is 0 Å². The second-order valence-electron chi connectivity index (χ2n) is 3.82. The van der Waals surface area contributed by atoms with Gasteiger partial charge in [0, 0.05) is 0 Å². The van der Waals surface area contributed by atoms with Gasteiger partial charge in [0.15, 0.2) is 11.5 Å². The lowest BCUT2D eigenvalue weighted by molar-refractivity contribution is 0.0222. The van der Waals surface area contributed by atoms with Crippen molar-refractivity contribution in [2.45, 2.75) is 19.4 Å². The topological polar surface area (TPSA) is 44.5 Å². The fourth-order valence-electron chi connectivity index (χ4n) is 1.31. The average Bonchev–Trinajstić information content (AvgIpc) is 2.06. The molecular weight excluding hydrogens is 166 g/mol. The highest BCUT2D eigenvalue weighted by molar-refractivity contribution is 5.60. The molecule has 1 aromatic carbocycles. The van der Waals surface area contributed by atoms with Gasteiger partial charge in [0.1, 0.15) is 12.2 Å². The minimum Gasteiger partial charge on any atom is -0.485 e. The first kappa shape index (κ1) is 8.23. The van der Waals surface area contributed by atoms with Gasteiger partial charge in [0.2, 0.25) is 0 Å². The Balaban J connectivity index is 2.44. The molecule has 3 nitrogen and oxygen atoms in total. The summed E-state index contributed by atoms with van der Waals surface area (Å²) < 4.78 is 11.2. The summed E-state index contributed by atoms with van der Waals surface area (Å²) in [6.45, 7) is 4.51. The third-order valence-corrected chi connectivity index (χ3v) is 1.96. The van der Waals surface area contributed by atoms with Crippen molar-refractivity contribution in [2.24, 2.45) is 0 Å². The van der Waals surface area contributed by atoms with E-state index in [1.807, 2.05) is 32.0 Å². The smallest absolute Gasteiger partial charge is 0.185 e. The summed E-state index contributed by atoms with van der Waals surface area (Å²) in [6.07, 6.45) is 0. The minimum absolute atomic E-state index is 0.289. The number of benzene rings is 1. The third kappa shape index (κ3) is 1.41. The molecule has 0 saturated carbocycles. The van der Waals surface area contributed by atoms with Crippen LogP contribution in [0.1, 0.15) is 13.8 Å². The maximum absolute atomic E-state index is 5.76. The first-order valence-corrected chi connectivity index (χ1v) is 4.29. The van der Waals surface area contributed by atoms with Gasteiger partial charge in [-0.25, -0.2) is 0 Å². The molecule has 1 heterocycles. The van der Waals surface area contributed by atoms with Crippen LogP contribution in [-0.2, 0) is 0 Å². The van der Waals surface area contributed by atoms with Crippen LogP contribution in [0.5, 0.6) is 11.5 Å². The Kier molecular flexibility index (Phi) is 1.62. The van der Waals surface area contributed by atoms with Crippen molar-refractivity contribution < 1.29 is 9.47 Å². The van der Waals surface area contributed by atoms with Crippen LogP contribution < -0.4 is 15.2 Å². The SMILES string of the molecule is CC1(C)COc2cccc(N)c2O1. The molecule has 0 unspecified atom stereocenters. The third-order valence-electron chi connectivity index (χ3n) is 1.96. The molecule has 0 bridgehead atoms. The number of rotatable bonds is 0. The zero-order valence-corrected chi connectivity index (χ0v) is 7.83. The van der Waals surface area contributed by atoms with E-state index in [1.54, 1.807) is 0 Å². The molecular formula is C10H13NO2. The van der Waals surface area contributed by atoms with E-state index >= 15 is 0 Å². The first-order chi connectivity index (χ1) is 6.08. The van der Waals surface area contributed by atoms with Gasteiger partial charge >= 0.3 is 0 Å². The minimum atomic E-state index is -0.289. The van der Waals surface area contributed by atoms with Gasteiger partial charge in [-0.2, -0.15) is 0 Å². The maximum Gasteiger partial charge on any atom is 0.185 e. The van der Waals surface area contributed by atoms with Gasteiger partial charge < -0.3 is 15.2 Å². The molecule has 1 aliphatic rings. The van der Waals surface area contributed by atoms with Crippen LogP contribution in [0.25, 0.3) is 0 Å². The monoisotopic (exact) mass is 179 g/mol. The molecule has 13 heavy (non-hydrogen) atoms. The molecule has 1 aromatic rings. The van der Waals surface area contributed by atoms with Crippen LogP contribution in [0, 0.1) is 0 Å². The molecule has 1 aliphatic heterocycles. The molecule has 2 N–H and O–H groups in total. The largest absolute Gasteiger partial charge is 0.485 e. The van der Waals surface area contributed by atoms with Crippen LogP contribution in [0.3, 0.4) is 0 Å². The van der Waals surface area contributed by atoms with Crippen LogP contribution in [-0.4, -0.2) is 12.2 Å². The van der Waals surface area contributed by atoms with Gasteiger partial charge in [-0.15, -0.1) is 0 Å². The Labute approximate surface area is 77.5 Å². The van der Waals surface area contributed by atoms with Crippen molar-refractivity contribution in [1.29, 1.82) is 0 Å². The summed E-state index contributed by atoms with van der Waals surface area (Å²) >= 11 is 0. The molecule has 2 rings (SSSR count). The lowest BCUT2D eigenvalue weighted by Gasteiger charge is -2.32. The second-order valence-corrected chi connectivity index (χ2v) is 3.82. The highest BCUT2D eigenvalue weighted by atomic mass is 16.6. The van der Waals surface area contributed by atoms with E-state index in [2.05, 4.69) is 0 Å². The summed E-state index contributed by atoms with van der Waals surface area (Å²) in [5.41, 5.74) is 6.10. The number of nitrogens with two attached hydrogens (primary N) is 1. The van der Waals surface area contributed by atoms with Gasteiger partial charge in [0.05, 0.1) is 5.69 Å². The Bertz CT molecular complexity index is 334. The predicted octanol–water partition coefficient (Wildman–Crippen LogP) is 1.82. The number of anilines is 1. The molecule has 0 saturated heterocycles. The highest BCUT2D eigenvalue weighted by Gasteiger charge is 2.29. The average molecular weight is 179 g/mol. The Morgan fingerprint density at radius 2 is 2.15 bits per heavy atom. The van der Waals surface area contributed by atoms with Gasteiger partial charge in [-0.1, -0.05) is 6.07 Å². The van der Waals surface area contributed by atoms with Crippen LogP contribution in [0.2, 0.25) is 0 Å². The fraction of sp³-hybridized carbons (Fsp3) is 0.400. The van der Waals surface area contributed by atoms with Crippen molar-refractivity contribution in [1.82, 2.24) is 0 Å². The molecule has 0 radical (unpaired) electrons. The quantitative estimate of drug-likeness (QED) is 0.618. The van der Waals surface area contributed by atoms with Crippen molar-refractivity contribution in [3.8, 4) is 11.5 Å². The standard InChI is InChI=1S/C10H13NO2/c1-10(2)6-12-8-5-3-4-7(11)9(8)13-10/h3-5H,6,11H2,1-2H3. The number of para-hydroxylation sites is 1. The molecule has 0 atom stereocenters. The van der Waals surface area contributed by atoms with Crippen molar-refractivity contribution in [2.75, 3.05) is 12.3 Å². The van der Waals surface area contributed by atoms with E-state index < -0.39 is 0 Å². The normalized spacial score (nSPS) is 18.3. The fourth-order valence-corrected chi connectivity index (χ4v) is 1.31. The number of nitrogen functional groups attached to an aromatic ring is 1. The zero-order valence-electron chi connectivity index (χ0n) is 7.83. The molecule has 0 fully saturated rings. The van der Waals surface area contributed by atoms with E-state index in [-0.39, 0.29) is 5.60 Å². The number of hydrogen-bond acceptors (Lipinski definition) is 3. The second kappa shape index (κ2) is 2.55. The Hall–Kier alpha value is -1.38. The zero-order chi connectivity index (χ0) is 9.47. The van der Waals surface area contributed by atoms with E-state index in [4.69, 9.17) is 15.2 Å². The summed E-state index contributed by atoms with van der Waals surface area (Å²) in [7, 11) is 0. The Morgan fingerprint density at radius 3 is 2.92 bits per heavy atom. The van der Waals surface area contributed by atoms with E-state index in [0.717, 1.165) is 5.75 Å². The molecule has 0 aliphatic carbocycles. The van der Waals surface area contributed by atoms with Gasteiger partial charge in [-0.3, -0.25) is 0 Å². The summed E-state index contributed by atoms with van der Waals surface area (Å²) in [6, 6.07) is 5.53. The highest BCUT2D eigenvalue weighted by Crippen LogP contribution is 2.39. The molecule has 0 amide bonds. The van der Waals surface area contributed by atoms with Crippen LogP contribution in [0.15, 0.2) is 18.2 Å². The molecule has 0 spiro atoms. The van der Waals surface area contributed by atoms with Gasteiger partial charge in [0.25, 0.3) is 0 Å². The number of ether oxygens (including phenoxy) is 2. The summed E-state index contributed by atoms with van der Waals surface area (Å²) in [4.78, 5) is 0. The lowest BCUT2D eigenvalue weighted by atomic mass is 10.1. The Morgan fingerprint density at radius 1 is 1.38 bits per heavy atom. The molecule has 0 aromatic heterocycles. The lowest BCUT2D eigenvalue weighted by Crippen LogP contribution is -2.38. The predicted molar refractivity (Wildman–Crippen MR) is 51.1 cm³/mol. The number of hydrogen-bond donors (Lipinski definition) is 1. The van der Waals surface area contributed by atoms with E-state index in [1.165, 1.54) is 0 Å². The van der Waals surface area contributed by atoms with Crippen molar-refractivity contribution in [3.63, 3.8) is 0 Å². The molecule has 3 heteroatoms. The van der Waals surface area contributed by atoms with Crippen LogP contribution in [0.4, 0.5) is 5.69 Å². The van der Waals surface area contributed by atoms with Crippen molar-refractivity contribution in [3.05, 3.63) is 18.2 Å². The van der Waals surface area contributed by atoms with E-state index in [0.29, 0.717) is 18.0 Å². The first-order valence-electron chi connectivity index (χ1n) is 4.29. The molecule has 70 valence electrons.